The Labute approximate surface area is 89.8 Å². The van der Waals surface area contributed by atoms with Gasteiger partial charge in [-0.15, -0.1) is 12.3 Å². The molecule has 80 valence electrons. The van der Waals surface area contributed by atoms with E-state index in [1.807, 2.05) is 0 Å². The lowest BCUT2D eigenvalue weighted by atomic mass is 10.00. The zero-order chi connectivity index (χ0) is 10.8. The zero-order valence-corrected chi connectivity index (χ0v) is 8.74. The van der Waals surface area contributed by atoms with Crippen LogP contribution in [0.3, 0.4) is 0 Å². The molecule has 2 fully saturated rings. The molecule has 1 saturated heterocycles. The van der Waals surface area contributed by atoms with Crippen LogP contribution in [0.25, 0.3) is 0 Å². The van der Waals surface area contributed by atoms with Crippen LogP contribution in [0.4, 0.5) is 0 Å². The summed E-state index contributed by atoms with van der Waals surface area (Å²) in [6.45, 7) is 0.509. The van der Waals surface area contributed by atoms with Gasteiger partial charge in [0.25, 0.3) is 0 Å². The van der Waals surface area contributed by atoms with E-state index in [9.17, 15) is 9.59 Å². The molecule has 1 aliphatic heterocycles. The molecule has 2 atom stereocenters. The summed E-state index contributed by atoms with van der Waals surface area (Å²) in [5.74, 6) is 2.58. The van der Waals surface area contributed by atoms with Crippen molar-refractivity contribution in [3.05, 3.63) is 0 Å². The zero-order valence-electron chi connectivity index (χ0n) is 8.74. The number of unbranched alkanes of at least 4 members (excludes halogenated alkanes) is 1. The Morgan fingerprint density at radius 1 is 1.27 bits per heavy atom. The molecule has 3 nitrogen and oxygen atoms in total. The van der Waals surface area contributed by atoms with Crippen molar-refractivity contribution in [1.29, 1.82) is 0 Å². The van der Waals surface area contributed by atoms with Crippen molar-refractivity contribution in [3.8, 4) is 12.3 Å². The molecule has 0 aromatic heterocycles. The minimum atomic E-state index is -0.0108. The summed E-state index contributed by atoms with van der Waals surface area (Å²) in [5.41, 5.74) is 0. The minimum Gasteiger partial charge on any atom is -0.282 e. The quantitative estimate of drug-likeness (QED) is 0.394. The molecule has 2 amide bonds. The van der Waals surface area contributed by atoms with E-state index in [1.165, 1.54) is 4.90 Å². The number of likely N-dealkylation sites (tertiary alicyclic amines) is 1. The van der Waals surface area contributed by atoms with Gasteiger partial charge in [0.05, 0.1) is 11.8 Å². The topological polar surface area (TPSA) is 37.4 Å². The second-order valence-corrected chi connectivity index (χ2v) is 4.28. The van der Waals surface area contributed by atoms with Gasteiger partial charge in [0.1, 0.15) is 0 Å². The van der Waals surface area contributed by atoms with Crippen LogP contribution >= 0.6 is 0 Å². The van der Waals surface area contributed by atoms with Gasteiger partial charge in [0, 0.05) is 13.0 Å². The number of amides is 2. The minimum absolute atomic E-state index is 0.0108. The van der Waals surface area contributed by atoms with Crippen molar-refractivity contribution < 1.29 is 9.59 Å². The molecule has 1 aliphatic carbocycles. The maximum Gasteiger partial charge on any atom is 0.233 e. The van der Waals surface area contributed by atoms with Crippen molar-refractivity contribution in [1.82, 2.24) is 4.90 Å². The van der Waals surface area contributed by atoms with Crippen molar-refractivity contribution in [2.45, 2.75) is 32.1 Å². The maximum absolute atomic E-state index is 11.8. The van der Waals surface area contributed by atoms with Crippen LogP contribution in [0.2, 0.25) is 0 Å². The van der Waals surface area contributed by atoms with Crippen LogP contribution in [0.5, 0.6) is 0 Å². The van der Waals surface area contributed by atoms with Gasteiger partial charge in [-0.2, -0.15) is 0 Å². The lowest BCUT2D eigenvalue weighted by Crippen LogP contribution is -2.32. The molecule has 3 heteroatoms. The smallest absolute Gasteiger partial charge is 0.233 e. The summed E-state index contributed by atoms with van der Waals surface area (Å²) < 4.78 is 0. The molecule has 1 heterocycles. The van der Waals surface area contributed by atoms with Gasteiger partial charge in [-0.25, -0.2) is 0 Å². The molecule has 1 saturated carbocycles. The van der Waals surface area contributed by atoms with Gasteiger partial charge in [0.15, 0.2) is 0 Å². The Bertz CT molecular complexity index is 307. The molecule has 0 bridgehead atoms. The SMILES string of the molecule is C#CCCCN1C(=O)C2CCCC2C1=O. The lowest BCUT2D eigenvalue weighted by molar-refractivity contribution is -0.140. The highest BCUT2D eigenvalue weighted by atomic mass is 16.2. The first-order valence-electron chi connectivity index (χ1n) is 5.54. The third-order valence-electron chi connectivity index (χ3n) is 3.39. The second-order valence-electron chi connectivity index (χ2n) is 4.28. The van der Waals surface area contributed by atoms with E-state index in [4.69, 9.17) is 6.42 Å². The van der Waals surface area contributed by atoms with Crippen LogP contribution < -0.4 is 0 Å². The molecule has 2 unspecified atom stereocenters. The third-order valence-corrected chi connectivity index (χ3v) is 3.39. The fourth-order valence-corrected chi connectivity index (χ4v) is 2.62. The Hall–Kier alpha value is -1.30. The first kappa shape index (κ1) is 10.2. The Morgan fingerprint density at radius 2 is 1.87 bits per heavy atom. The van der Waals surface area contributed by atoms with Gasteiger partial charge < -0.3 is 0 Å². The van der Waals surface area contributed by atoms with Gasteiger partial charge in [-0.3, -0.25) is 14.5 Å². The Balaban J connectivity index is 1.99. The number of hydrogen-bond donors (Lipinski definition) is 0. The number of imide groups is 1. The number of rotatable bonds is 3. The number of hydrogen-bond acceptors (Lipinski definition) is 2. The molecule has 0 radical (unpaired) electrons. The largest absolute Gasteiger partial charge is 0.282 e. The molecule has 15 heavy (non-hydrogen) atoms. The van der Waals surface area contributed by atoms with Crippen molar-refractivity contribution in [2.24, 2.45) is 11.8 Å². The molecular weight excluding hydrogens is 190 g/mol. The first-order valence-corrected chi connectivity index (χ1v) is 5.54. The predicted molar refractivity (Wildman–Crippen MR) is 55.6 cm³/mol. The Morgan fingerprint density at radius 3 is 2.40 bits per heavy atom. The summed E-state index contributed by atoms with van der Waals surface area (Å²) >= 11 is 0. The normalized spacial score (nSPS) is 29.4. The van der Waals surface area contributed by atoms with Crippen molar-refractivity contribution in [2.75, 3.05) is 6.54 Å². The third kappa shape index (κ3) is 1.65. The van der Waals surface area contributed by atoms with Crippen LogP contribution in [-0.4, -0.2) is 23.3 Å². The number of carbonyl (C=O) groups excluding carboxylic acids is 2. The van der Waals surface area contributed by atoms with E-state index >= 15 is 0 Å². The summed E-state index contributed by atoms with van der Waals surface area (Å²) in [4.78, 5) is 25.1. The van der Waals surface area contributed by atoms with E-state index in [0.29, 0.717) is 13.0 Å². The van der Waals surface area contributed by atoms with Crippen LogP contribution in [0.15, 0.2) is 0 Å². The highest BCUT2D eigenvalue weighted by Gasteiger charge is 2.49. The first-order chi connectivity index (χ1) is 7.25. The van der Waals surface area contributed by atoms with E-state index in [1.54, 1.807) is 0 Å². The fourth-order valence-electron chi connectivity index (χ4n) is 2.62. The summed E-state index contributed by atoms with van der Waals surface area (Å²) in [6, 6.07) is 0. The van der Waals surface area contributed by atoms with Gasteiger partial charge >= 0.3 is 0 Å². The number of terminal acetylenes is 1. The van der Waals surface area contributed by atoms with Crippen LogP contribution in [0, 0.1) is 24.2 Å². The fraction of sp³-hybridized carbons (Fsp3) is 0.667. The predicted octanol–water partition coefficient (Wildman–Crippen LogP) is 1.18. The molecule has 0 spiro atoms. The van der Waals surface area contributed by atoms with Crippen LogP contribution in [0.1, 0.15) is 32.1 Å². The average Bonchev–Trinajstić information content (AvgIpc) is 2.77. The Kier molecular flexibility index (Phi) is 2.77. The molecular formula is C12H15NO2. The van der Waals surface area contributed by atoms with Gasteiger partial charge in [-0.05, 0) is 19.3 Å². The van der Waals surface area contributed by atoms with Crippen molar-refractivity contribution in [3.63, 3.8) is 0 Å². The standard InChI is InChI=1S/C12H15NO2/c1-2-3-4-8-13-11(14)9-6-5-7-10(9)12(13)15/h1,9-10H,3-8H2. The number of nitrogens with zero attached hydrogens (tertiary/aromatic N) is 1. The summed E-state index contributed by atoms with van der Waals surface area (Å²) in [6.07, 6.45) is 9.30. The van der Waals surface area contributed by atoms with E-state index < -0.39 is 0 Å². The summed E-state index contributed by atoms with van der Waals surface area (Å²) in [7, 11) is 0. The molecule has 0 aromatic carbocycles. The number of fused-ring (bicyclic) bond motifs is 1. The maximum atomic E-state index is 11.8. The number of carbonyl (C=O) groups is 2. The highest BCUT2D eigenvalue weighted by molar-refractivity contribution is 6.05. The van der Waals surface area contributed by atoms with Gasteiger partial charge in [0.2, 0.25) is 11.8 Å². The molecule has 0 aromatic rings. The molecule has 0 N–H and O–H groups in total. The van der Waals surface area contributed by atoms with Gasteiger partial charge in [-0.1, -0.05) is 6.42 Å². The van der Waals surface area contributed by atoms with Crippen molar-refractivity contribution >= 4 is 11.8 Å². The van der Waals surface area contributed by atoms with E-state index in [0.717, 1.165) is 25.7 Å². The monoisotopic (exact) mass is 205 g/mol. The summed E-state index contributed by atoms with van der Waals surface area (Å²) in [5, 5.41) is 0. The van der Waals surface area contributed by atoms with E-state index in [-0.39, 0.29) is 23.7 Å². The highest BCUT2D eigenvalue weighted by Crippen LogP contribution is 2.39. The van der Waals surface area contributed by atoms with Crippen LogP contribution in [-0.2, 0) is 9.59 Å². The molecule has 2 rings (SSSR count). The lowest BCUT2D eigenvalue weighted by Gasteiger charge is -2.14. The molecule has 2 aliphatic rings. The second kappa shape index (κ2) is 4.06. The average molecular weight is 205 g/mol. The van der Waals surface area contributed by atoms with E-state index in [2.05, 4.69) is 5.92 Å².